The molecule has 0 aliphatic rings. The molecule has 0 fully saturated rings. The third-order valence-electron chi connectivity index (χ3n) is 1.28. The molecule has 0 rings (SSSR count). The van der Waals surface area contributed by atoms with E-state index in [1.54, 1.807) is 0 Å². The van der Waals surface area contributed by atoms with E-state index < -0.39 is 0 Å². The smallest absolute Gasteiger partial charge is 0.0238 e. The fourth-order valence-corrected chi connectivity index (χ4v) is 0.984. The first kappa shape index (κ1) is 9.25. The van der Waals surface area contributed by atoms with Crippen molar-refractivity contribution in [3.8, 4) is 0 Å². The van der Waals surface area contributed by atoms with E-state index in [-0.39, 0.29) is 0 Å². The van der Waals surface area contributed by atoms with Crippen molar-refractivity contribution in [3.05, 3.63) is 0 Å². The van der Waals surface area contributed by atoms with Gasteiger partial charge in [0, 0.05) is 11.9 Å². The van der Waals surface area contributed by atoms with Gasteiger partial charge in [0.2, 0.25) is 0 Å². The van der Waals surface area contributed by atoms with E-state index in [1.807, 2.05) is 0 Å². The molecule has 0 aromatic heterocycles. The monoisotopic (exact) mass is 149 g/mol. The third kappa shape index (κ3) is 6.13. The minimum atomic E-state index is 0.586. The third-order valence-corrected chi connectivity index (χ3v) is 1.50. The second kappa shape index (κ2) is 6.37. The summed E-state index contributed by atoms with van der Waals surface area (Å²) in [7, 11) is 0. The predicted octanol–water partition coefficient (Wildman–Crippen LogP) is 2.00. The minimum Gasteiger partial charge on any atom is -0.314 e. The van der Waals surface area contributed by atoms with Crippen molar-refractivity contribution in [1.29, 1.82) is 0 Å². The lowest BCUT2D eigenvalue weighted by atomic mass is 10.2. The largest absolute Gasteiger partial charge is 0.314 e. The van der Waals surface area contributed by atoms with Crippen LogP contribution in [0.5, 0.6) is 0 Å². The number of rotatable bonds is 5. The average molecular weight is 150 g/mol. The highest BCUT2D eigenvalue weighted by Gasteiger charge is 1.96. The van der Waals surface area contributed by atoms with Crippen molar-refractivity contribution in [2.45, 2.75) is 32.7 Å². The van der Waals surface area contributed by atoms with Gasteiger partial charge in [-0.15, -0.1) is 11.6 Å². The van der Waals surface area contributed by atoms with Crippen LogP contribution >= 0.6 is 11.6 Å². The van der Waals surface area contributed by atoms with Gasteiger partial charge >= 0.3 is 0 Å². The number of hydrogen-bond donors (Lipinski definition) is 1. The lowest BCUT2D eigenvalue weighted by Crippen LogP contribution is -2.26. The van der Waals surface area contributed by atoms with Crippen LogP contribution in [0.25, 0.3) is 0 Å². The molecule has 1 atom stereocenters. The minimum absolute atomic E-state index is 0.586. The van der Waals surface area contributed by atoms with E-state index in [2.05, 4.69) is 19.2 Å². The molecule has 1 N–H and O–H groups in total. The molecule has 0 bridgehead atoms. The molecule has 0 aromatic carbocycles. The second-order valence-electron chi connectivity index (χ2n) is 2.33. The highest BCUT2D eigenvalue weighted by molar-refractivity contribution is 6.17. The van der Waals surface area contributed by atoms with Gasteiger partial charge in [-0.05, 0) is 26.3 Å². The predicted molar refractivity (Wildman–Crippen MR) is 43.1 cm³/mol. The molecule has 0 aromatic rings. The number of halogens is 1. The van der Waals surface area contributed by atoms with Gasteiger partial charge in [0.1, 0.15) is 0 Å². The quantitative estimate of drug-likeness (QED) is 0.590. The van der Waals surface area contributed by atoms with Crippen molar-refractivity contribution in [3.63, 3.8) is 0 Å². The van der Waals surface area contributed by atoms with Gasteiger partial charge in [0.15, 0.2) is 0 Å². The lowest BCUT2D eigenvalue weighted by molar-refractivity contribution is 0.535. The van der Waals surface area contributed by atoms with Crippen molar-refractivity contribution in [2.75, 3.05) is 12.4 Å². The van der Waals surface area contributed by atoms with E-state index in [0.29, 0.717) is 6.04 Å². The van der Waals surface area contributed by atoms with Crippen LogP contribution in [-0.4, -0.2) is 18.5 Å². The number of hydrogen-bond acceptors (Lipinski definition) is 1. The van der Waals surface area contributed by atoms with Crippen LogP contribution in [0.4, 0.5) is 0 Å². The molecule has 2 heteroatoms. The van der Waals surface area contributed by atoms with Crippen molar-refractivity contribution in [2.24, 2.45) is 0 Å². The molecule has 0 heterocycles. The Morgan fingerprint density at radius 3 is 2.67 bits per heavy atom. The maximum atomic E-state index is 5.54. The number of alkyl halides is 1. The van der Waals surface area contributed by atoms with Crippen LogP contribution in [0.2, 0.25) is 0 Å². The van der Waals surface area contributed by atoms with Crippen molar-refractivity contribution < 1.29 is 0 Å². The highest BCUT2D eigenvalue weighted by Crippen LogP contribution is 1.92. The van der Waals surface area contributed by atoms with Gasteiger partial charge in [-0.25, -0.2) is 0 Å². The normalized spacial score (nSPS) is 13.7. The Balaban J connectivity index is 2.95. The first-order valence-electron chi connectivity index (χ1n) is 3.60. The molecule has 9 heavy (non-hydrogen) atoms. The van der Waals surface area contributed by atoms with Crippen LogP contribution in [0, 0.1) is 0 Å². The lowest BCUT2D eigenvalue weighted by Gasteiger charge is -2.09. The van der Waals surface area contributed by atoms with Crippen LogP contribution < -0.4 is 5.32 Å². The van der Waals surface area contributed by atoms with Gasteiger partial charge in [-0.3, -0.25) is 0 Å². The standard InChI is InChI=1S/C7H16ClN/c1-3-6-9-7(2)4-5-8/h7,9H,3-6H2,1-2H3. The van der Waals surface area contributed by atoms with Crippen LogP contribution in [0.1, 0.15) is 26.7 Å². The zero-order valence-corrected chi connectivity index (χ0v) is 7.04. The molecule has 0 radical (unpaired) electrons. The van der Waals surface area contributed by atoms with E-state index in [1.165, 1.54) is 6.42 Å². The molecular formula is C7H16ClN. The Morgan fingerprint density at radius 1 is 1.56 bits per heavy atom. The van der Waals surface area contributed by atoms with Crippen LogP contribution in [0.15, 0.2) is 0 Å². The Bertz CT molecular complexity index is 56.9. The van der Waals surface area contributed by atoms with E-state index in [4.69, 9.17) is 11.6 Å². The van der Waals surface area contributed by atoms with Crippen molar-refractivity contribution in [1.82, 2.24) is 5.32 Å². The second-order valence-corrected chi connectivity index (χ2v) is 2.71. The Labute approximate surface area is 62.8 Å². The molecule has 0 aliphatic carbocycles. The van der Waals surface area contributed by atoms with Crippen molar-refractivity contribution >= 4 is 11.6 Å². The molecule has 0 aliphatic heterocycles. The van der Waals surface area contributed by atoms with E-state index >= 15 is 0 Å². The summed E-state index contributed by atoms with van der Waals surface area (Å²) in [6.45, 7) is 5.44. The summed E-state index contributed by atoms with van der Waals surface area (Å²) >= 11 is 5.54. The fraction of sp³-hybridized carbons (Fsp3) is 1.00. The molecule has 0 spiro atoms. The summed E-state index contributed by atoms with van der Waals surface area (Å²) in [5.41, 5.74) is 0. The summed E-state index contributed by atoms with van der Waals surface area (Å²) in [5.74, 6) is 0.762. The molecule has 1 unspecified atom stereocenters. The van der Waals surface area contributed by atoms with Crippen LogP contribution in [-0.2, 0) is 0 Å². The zero-order valence-electron chi connectivity index (χ0n) is 6.28. The topological polar surface area (TPSA) is 12.0 Å². The molecule has 0 amide bonds. The molecule has 0 saturated heterocycles. The van der Waals surface area contributed by atoms with Crippen LogP contribution in [0.3, 0.4) is 0 Å². The zero-order chi connectivity index (χ0) is 7.11. The van der Waals surface area contributed by atoms with E-state index in [0.717, 1.165) is 18.8 Å². The molecular weight excluding hydrogens is 134 g/mol. The Kier molecular flexibility index (Phi) is 6.55. The van der Waals surface area contributed by atoms with Gasteiger partial charge in [0.25, 0.3) is 0 Å². The Morgan fingerprint density at radius 2 is 2.22 bits per heavy atom. The first-order chi connectivity index (χ1) is 4.31. The highest BCUT2D eigenvalue weighted by atomic mass is 35.5. The van der Waals surface area contributed by atoms with Gasteiger partial charge in [-0.1, -0.05) is 6.92 Å². The number of nitrogens with one attached hydrogen (secondary N) is 1. The summed E-state index contributed by atoms with van der Waals surface area (Å²) in [4.78, 5) is 0. The SMILES string of the molecule is CCCNC(C)CCCl. The van der Waals surface area contributed by atoms with E-state index in [9.17, 15) is 0 Å². The average Bonchev–Trinajstić information content (AvgIpc) is 1.85. The summed E-state index contributed by atoms with van der Waals surface area (Å²) < 4.78 is 0. The maximum absolute atomic E-state index is 5.54. The Hall–Kier alpha value is 0.250. The molecule has 1 nitrogen and oxygen atoms in total. The summed E-state index contributed by atoms with van der Waals surface area (Å²) in [5, 5.41) is 3.35. The summed E-state index contributed by atoms with van der Waals surface area (Å²) in [6, 6.07) is 0.586. The maximum Gasteiger partial charge on any atom is 0.0238 e. The van der Waals surface area contributed by atoms with Gasteiger partial charge in [-0.2, -0.15) is 0 Å². The molecule has 56 valence electrons. The fourth-order valence-electron chi connectivity index (χ4n) is 0.656. The van der Waals surface area contributed by atoms with Gasteiger partial charge < -0.3 is 5.32 Å². The summed E-state index contributed by atoms with van der Waals surface area (Å²) in [6.07, 6.45) is 2.27. The molecule has 0 saturated carbocycles. The van der Waals surface area contributed by atoms with Gasteiger partial charge in [0.05, 0.1) is 0 Å². The first-order valence-corrected chi connectivity index (χ1v) is 4.14.